The topological polar surface area (TPSA) is 68.0 Å². The van der Waals surface area contributed by atoms with Crippen molar-refractivity contribution in [1.82, 2.24) is 9.72 Å². The molecule has 1 rings (SSSR count). The summed E-state index contributed by atoms with van der Waals surface area (Å²) in [5.41, 5.74) is -0.551. The minimum absolute atomic E-state index is 0.171. The second-order valence-electron chi connectivity index (χ2n) is 1.67. The van der Waals surface area contributed by atoms with Crippen molar-refractivity contribution in [1.29, 1.82) is 0 Å². The fourth-order valence-electron chi connectivity index (χ4n) is 0.567. The number of nitrogens with zero attached hydrogens (tertiary/aromatic N) is 1. The average Bonchev–Trinajstić information content (AvgIpc) is 2.20. The van der Waals surface area contributed by atoms with E-state index in [1.165, 1.54) is 6.08 Å². The van der Waals surface area contributed by atoms with Crippen molar-refractivity contribution >= 4 is 0 Å². The van der Waals surface area contributed by atoms with Gasteiger partial charge in [-0.2, -0.15) is 5.16 Å². The molecule has 1 N–H and O–H groups in total. The molecule has 0 radical (unpaired) electrons. The van der Waals surface area contributed by atoms with Crippen LogP contribution in [0.1, 0.15) is 0 Å². The quantitative estimate of drug-likeness (QED) is 0.556. The highest BCUT2D eigenvalue weighted by molar-refractivity contribution is 4.71. The highest BCUT2D eigenvalue weighted by atomic mass is 16.5. The normalized spacial score (nSPS) is 9.60. The third-order valence-corrected chi connectivity index (χ3v) is 1.00. The summed E-state index contributed by atoms with van der Waals surface area (Å²) in [4.78, 5) is 21.1. The first-order chi connectivity index (χ1) is 4.75. The van der Waals surface area contributed by atoms with Gasteiger partial charge in [-0.25, -0.2) is 14.2 Å². The largest absolute Gasteiger partial charge is 0.442 e. The Morgan fingerprint density at radius 3 is 2.80 bits per heavy atom. The van der Waals surface area contributed by atoms with Crippen LogP contribution in [0.3, 0.4) is 0 Å². The zero-order chi connectivity index (χ0) is 7.56. The molecular weight excluding hydrogens is 136 g/mol. The van der Waals surface area contributed by atoms with Gasteiger partial charge in [-0.15, -0.1) is 6.58 Å². The molecule has 0 saturated carbocycles. The molecule has 54 valence electrons. The van der Waals surface area contributed by atoms with Crippen LogP contribution in [0, 0.1) is 0 Å². The number of H-pyrrole nitrogens is 1. The van der Waals surface area contributed by atoms with Crippen molar-refractivity contribution in [3.05, 3.63) is 33.7 Å². The van der Waals surface area contributed by atoms with Crippen molar-refractivity contribution < 1.29 is 4.52 Å². The molecule has 0 aliphatic heterocycles. The van der Waals surface area contributed by atoms with Gasteiger partial charge in [0.25, 0.3) is 0 Å². The molecule has 0 aliphatic carbocycles. The molecule has 5 heteroatoms. The molecule has 0 fully saturated rings. The van der Waals surface area contributed by atoms with E-state index in [1.807, 2.05) is 5.16 Å². The number of hydrogen-bond donors (Lipinski definition) is 1. The maximum atomic E-state index is 10.6. The van der Waals surface area contributed by atoms with Gasteiger partial charge >= 0.3 is 11.4 Å². The summed E-state index contributed by atoms with van der Waals surface area (Å²) < 4.78 is 5.07. The summed E-state index contributed by atoms with van der Waals surface area (Å²) in [5.74, 6) is -0.690. The van der Waals surface area contributed by atoms with Gasteiger partial charge in [0.1, 0.15) is 0 Å². The van der Waals surface area contributed by atoms with Crippen LogP contribution in [-0.4, -0.2) is 9.72 Å². The van der Waals surface area contributed by atoms with Gasteiger partial charge in [0.05, 0.1) is 6.54 Å². The summed E-state index contributed by atoms with van der Waals surface area (Å²) in [5, 5.41) is 1.89. The number of aromatic amines is 1. The predicted octanol–water partition coefficient (Wildman–Crippen LogP) is -0.684. The van der Waals surface area contributed by atoms with Crippen LogP contribution in [0.2, 0.25) is 0 Å². The first-order valence-corrected chi connectivity index (χ1v) is 2.65. The van der Waals surface area contributed by atoms with E-state index in [4.69, 9.17) is 0 Å². The standard InChI is InChI=1S/C5H6N2O3/c1-2-3-7-4(8)6-10-5(7)9/h2H,1,3H2,(H,6,8). The van der Waals surface area contributed by atoms with Crippen LogP contribution in [0.5, 0.6) is 0 Å². The van der Waals surface area contributed by atoms with E-state index < -0.39 is 11.4 Å². The lowest BCUT2D eigenvalue weighted by Gasteiger charge is -1.84. The van der Waals surface area contributed by atoms with Gasteiger partial charge in [-0.05, 0) is 0 Å². The lowest BCUT2D eigenvalue weighted by atomic mass is 10.6. The van der Waals surface area contributed by atoms with Gasteiger partial charge in [-0.3, -0.25) is 0 Å². The SMILES string of the molecule is C=CCn1c(=O)[nH]oc1=O. The Hall–Kier alpha value is -1.52. The van der Waals surface area contributed by atoms with Crippen molar-refractivity contribution in [3.63, 3.8) is 0 Å². The second kappa shape index (κ2) is 2.38. The van der Waals surface area contributed by atoms with Crippen LogP contribution >= 0.6 is 0 Å². The number of aromatic nitrogens is 2. The van der Waals surface area contributed by atoms with Crippen molar-refractivity contribution in [3.8, 4) is 0 Å². The first-order valence-electron chi connectivity index (χ1n) is 2.65. The zero-order valence-corrected chi connectivity index (χ0v) is 5.16. The third kappa shape index (κ3) is 0.928. The molecule has 0 spiro atoms. The van der Waals surface area contributed by atoms with E-state index in [1.54, 1.807) is 0 Å². The van der Waals surface area contributed by atoms with Crippen LogP contribution in [0.15, 0.2) is 26.8 Å². The zero-order valence-electron chi connectivity index (χ0n) is 5.16. The van der Waals surface area contributed by atoms with Crippen LogP contribution in [-0.2, 0) is 6.54 Å². The van der Waals surface area contributed by atoms with E-state index >= 15 is 0 Å². The van der Waals surface area contributed by atoms with E-state index in [-0.39, 0.29) is 6.54 Å². The lowest BCUT2D eigenvalue weighted by Crippen LogP contribution is -2.24. The summed E-state index contributed by atoms with van der Waals surface area (Å²) >= 11 is 0. The van der Waals surface area contributed by atoms with E-state index in [0.29, 0.717) is 0 Å². The maximum absolute atomic E-state index is 10.6. The minimum Gasteiger partial charge on any atom is -0.320 e. The van der Waals surface area contributed by atoms with Gasteiger partial charge < -0.3 is 4.52 Å². The summed E-state index contributed by atoms with van der Waals surface area (Å²) in [6.45, 7) is 3.53. The van der Waals surface area contributed by atoms with E-state index in [9.17, 15) is 9.59 Å². The molecule has 1 aromatic rings. The minimum atomic E-state index is -0.690. The Morgan fingerprint density at radius 1 is 1.70 bits per heavy atom. The van der Waals surface area contributed by atoms with Crippen molar-refractivity contribution in [2.75, 3.05) is 0 Å². The van der Waals surface area contributed by atoms with E-state index in [2.05, 4.69) is 11.1 Å². The predicted molar refractivity (Wildman–Crippen MR) is 33.8 cm³/mol. The maximum Gasteiger partial charge on any atom is 0.442 e. The molecule has 0 amide bonds. The Morgan fingerprint density at radius 2 is 2.40 bits per heavy atom. The fourth-order valence-corrected chi connectivity index (χ4v) is 0.567. The molecular formula is C5H6N2O3. The van der Waals surface area contributed by atoms with Crippen LogP contribution < -0.4 is 11.4 Å². The Labute approximate surface area is 55.6 Å². The molecule has 0 atom stereocenters. The molecule has 0 saturated heterocycles. The Balaban J connectivity index is 3.23. The lowest BCUT2D eigenvalue weighted by molar-refractivity contribution is 0.375. The summed E-state index contributed by atoms with van der Waals surface area (Å²) in [6.07, 6.45) is 1.44. The Bertz CT molecular complexity index is 302. The third-order valence-electron chi connectivity index (χ3n) is 1.00. The smallest absolute Gasteiger partial charge is 0.320 e. The molecule has 5 nitrogen and oxygen atoms in total. The second-order valence-corrected chi connectivity index (χ2v) is 1.67. The van der Waals surface area contributed by atoms with E-state index in [0.717, 1.165) is 4.57 Å². The van der Waals surface area contributed by atoms with Crippen LogP contribution in [0.4, 0.5) is 0 Å². The van der Waals surface area contributed by atoms with Gasteiger partial charge in [0, 0.05) is 0 Å². The monoisotopic (exact) mass is 142 g/mol. The summed E-state index contributed by atoms with van der Waals surface area (Å²) in [6, 6.07) is 0. The van der Waals surface area contributed by atoms with Crippen molar-refractivity contribution in [2.45, 2.75) is 6.54 Å². The number of rotatable bonds is 2. The molecule has 10 heavy (non-hydrogen) atoms. The molecule has 1 heterocycles. The number of allylic oxidation sites excluding steroid dienone is 1. The molecule has 0 unspecified atom stereocenters. The highest BCUT2D eigenvalue weighted by Gasteiger charge is 2.00. The number of nitrogens with one attached hydrogen (secondary N) is 1. The average molecular weight is 142 g/mol. The first kappa shape index (κ1) is 6.60. The molecule has 0 aliphatic rings. The van der Waals surface area contributed by atoms with Crippen molar-refractivity contribution in [2.24, 2.45) is 0 Å². The highest BCUT2D eigenvalue weighted by Crippen LogP contribution is 1.69. The molecule has 1 aromatic heterocycles. The molecule has 0 bridgehead atoms. The van der Waals surface area contributed by atoms with Gasteiger partial charge in [0.15, 0.2) is 0 Å². The van der Waals surface area contributed by atoms with Gasteiger partial charge in [0.2, 0.25) is 0 Å². The number of hydrogen-bond acceptors (Lipinski definition) is 3. The fraction of sp³-hybridized carbons (Fsp3) is 0.200. The molecule has 0 aromatic carbocycles. The van der Waals surface area contributed by atoms with Gasteiger partial charge in [-0.1, -0.05) is 6.08 Å². The van der Waals surface area contributed by atoms with Crippen LogP contribution in [0.25, 0.3) is 0 Å². The summed E-state index contributed by atoms with van der Waals surface area (Å²) in [7, 11) is 0. The Kier molecular flexibility index (Phi) is 1.57.